The summed E-state index contributed by atoms with van der Waals surface area (Å²) in [4.78, 5) is 9.42. The van der Waals surface area contributed by atoms with Crippen molar-refractivity contribution < 1.29 is 0 Å². The van der Waals surface area contributed by atoms with Gasteiger partial charge in [0.1, 0.15) is 16.7 Å². The van der Waals surface area contributed by atoms with Crippen molar-refractivity contribution in [2.75, 3.05) is 0 Å². The van der Waals surface area contributed by atoms with Gasteiger partial charge in [-0.05, 0) is 11.4 Å². The summed E-state index contributed by atoms with van der Waals surface area (Å²) < 4.78 is 0. The number of thiophene rings is 1. The first-order valence-electron chi connectivity index (χ1n) is 4.53. The van der Waals surface area contributed by atoms with Crippen LogP contribution in [0.3, 0.4) is 0 Å². The van der Waals surface area contributed by atoms with Gasteiger partial charge in [-0.1, -0.05) is 17.7 Å². The molecule has 0 N–H and O–H groups in total. The molecule has 16 heavy (non-hydrogen) atoms. The summed E-state index contributed by atoms with van der Waals surface area (Å²) in [5.74, 6) is 0. The van der Waals surface area contributed by atoms with E-state index in [1.807, 2.05) is 17.5 Å². The van der Waals surface area contributed by atoms with Crippen LogP contribution >= 0.6 is 22.9 Å². The molecule has 0 atom stereocenters. The van der Waals surface area contributed by atoms with Crippen LogP contribution in [0.2, 0.25) is 5.15 Å². The fourth-order valence-corrected chi connectivity index (χ4v) is 2.32. The molecule has 0 spiro atoms. The second-order valence-corrected chi connectivity index (χ2v) is 4.38. The first-order chi connectivity index (χ1) is 7.86. The molecule has 0 saturated heterocycles. The van der Waals surface area contributed by atoms with Gasteiger partial charge in [0, 0.05) is 12.4 Å². The maximum absolute atomic E-state index is 5.92. The third kappa shape index (κ3) is 1.45. The molecule has 0 radical (unpaired) electrons. The molecule has 0 saturated carbocycles. The van der Waals surface area contributed by atoms with Gasteiger partial charge in [0.25, 0.3) is 0 Å². The van der Waals surface area contributed by atoms with Gasteiger partial charge in [0.15, 0.2) is 5.15 Å². The molecule has 3 aromatic heterocycles. The summed E-state index contributed by atoms with van der Waals surface area (Å²) in [6, 6.07) is 3.93. The average Bonchev–Trinajstić information content (AvgIpc) is 2.83. The van der Waals surface area contributed by atoms with Gasteiger partial charge in [-0.25, -0.2) is 4.98 Å². The van der Waals surface area contributed by atoms with Crippen LogP contribution < -0.4 is 0 Å². The van der Waals surface area contributed by atoms with Gasteiger partial charge in [-0.2, -0.15) is 0 Å². The lowest BCUT2D eigenvalue weighted by Gasteiger charge is -2.01. The molecule has 0 aromatic carbocycles. The summed E-state index contributed by atoms with van der Waals surface area (Å²) in [5.41, 5.74) is 2.00. The van der Waals surface area contributed by atoms with Crippen molar-refractivity contribution >= 4 is 34.0 Å². The Morgan fingerprint density at radius 1 is 1.06 bits per heavy atom. The number of hydrogen-bond acceptors (Lipinski definition) is 5. The zero-order valence-electron chi connectivity index (χ0n) is 7.96. The molecule has 0 aliphatic heterocycles. The van der Waals surface area contributed by atoms with E-state index in [1.165, 1.54) is 0 Å². The lowest BCUT2D eigenvalue weighted by molar-refractivity contribution is 1.04. The number of aromatic nitrogens is 4. The van der Waals surface area contributed by atoms with Gasteiger partial charge in [0.05, 0.1) is 4.88 Å². The lowest BCUT2D eigenvalue weighted by atomic mass is 10.3. The van der Waals surface area contributed by atoms with Crippen LogP contribution in [0, 0.1) is 0 Å². The van der Waals surface area contributed by atoms with Crippen molar-refractivity contribution in [3.63, 3.8) is 0 Å². The third-order valence-corrected chi connectivity index (χ3v) is 3.24. The van der Waals surface area contributed by atoms with E-state index in [1.54, 1.807) is 23.7 Å². The van der Waals surface area contributed by atoms with Gasteiger partial charge in [-0.3, -0.25) is 4.98 Å². The number of rotatable bonds is 1. The van der Waals surface area contributed by atoms with E-state index in [4.69, 9.17) is 11.6 Å². The van der Waals surface area contributed by atoms with Gasteiger partial charge in [-0.15, -0.1) is 21.5 Å². The molecule has 0 aliphatic rings. The highest BCUT2D eigenvalue weighted by atomic mass is 35.5. The Labute approximate surface area is 100.0 Å². The number of halogens is 1. The highest BCUT2D eigenvalue weighted by Crippen LogP contribution is 2.29. The van der Waals surface area contributed by atoms with Gasteiger partial charge < -0.3 is 0 Å². The molecule has 0 bridgehead atoms. The van der Waals surface area contributed by atoms with E-state index in [2.05, 4.69) is 20.2 Å². The third-order valence-electron chi connectivity index (χ3n) is 2.11. The highest BCUT2D eigenvalue weighted by Gasteiger charge is 2.12. The number of nitrogens with zero attached hydrogens (tertiary/aromatic N) is 4. The van der Waals surface area contributed by atoms with Crippen molar-refractivity contribution in [2.24, 2.45) is 0 Å². The lowest BCUT2D eigenvalue weighted by Crippen LogP contribution is -1.93. The summed E-state index contributed by atoms with van der Waals surface area (Å²) in [7, 11) is 0. The van der Waals surface area contributed by atoms with E-state index in [0.29, 0.717) is 11.0 Å². The molecule has 0 aliphatic carbocycles. The number of fused-ring (bicyclic) bond motifs is 1. The first kappa shape index (κ1) is 9.62. The minimum Gasteiger partial charge on any atom is -0.250 e. The molecule has 0 unspecified atom stereocenters. The highest BCUT2D eigenvalue weighted by molar-refractivity contribution is 7.13. The number of hydrogen-bond donors (Lipinski definition) is 0. The smallest absolute Gasteiger partial charge is 0.179 e. The summed E-state index contributed by atoms with van der Waals surface area (Å²) in [5, 5.41) is 10.2. The predicted octanol–water partition coefficient (Wildman–Crippen LogP) is 2.80. The van der Waals surface area contributed by atoms with Crippen LogP contribution in [0.4, 0.5) is 0 Å². The zero-order valence-corrected chi connectivity index (χ0v) is 9.53. The van der Waals surface area contributed by atoms with E-state index in [0.717, 1.165) is 10.6 Å². The fraction of sp³-hybridized carbons (Fsp3) is 0. The van der Waals surface area contributed by atoms with Crippen molar-refractivity contribution in [3.8, 4) is 10.6 Å². The molecule has 0 amide bonds. The minimum atomic E-state index is 0.281. The Kier molecular flexibility index (Phi) is 2.27. The molecule has 3 heterocycles. The normalized spacial score (nSPS) is 10.8. The molecule has 4 nitrogen and oxygen atoms in total. The quantitative estimate of drug-likeness (QED) is 0.665. The standard InChI is InChI=1S/C10H5ClN4S/c11-10-9-8(12-3-4-13-9)7(14-15-10)6-2-1-5-16-6/h1-5H. The first-order valence-corrected chi connectivity index (χ1v) is 5.79. The van der Waals surface area contributed by atoms with Crippen molar-refractivity contribution in [1.82, 2.24) is 20.2 Å². The molecule has 78 valence electrons. The largest absolute Gasteiger partial charge is 0.250 e. The summed E-state index contributed by atoms with van der Waals surface area (Å²) in [6.45, 7) is 0. The van der Waals surface area contributed by atoms with Gasteiger partial charge >= 0.3 is 0 Å². The van der Waals surface area contributed by atoms with Crippen LogP contribution in [0.1, 0.15) is 0 Å². The topological polar surface area (TPSA) is 51.6 Å². The van der Waals surface area contributed by atoms with Crippen LogP contribution in [-0.2, 0) is 0 Å². The molecular weight excluding hydrogens is 244 g/mol. The summed E-state index contributed by atoms with van der Waals surface area (Å²) >= 11 is 7.50. The molecule has 0 fully saturated rings. The molecule has 3 rings (SSSR count). The Balaban J connectivity index is 2.39. The van der Waals surface area contributed by atoms with Crippen molar-refractivity contribution in [1.29, 1.82) is 0 Å². The Bertz CT molecular complexity index is 638. The van der Waals surface area contributed by atoms with Crippen LogP contribution in [-0.4, -0.2) is 20.2 Å². The monoisotopic (exact) mass is 248 g/mol. The van der Waals surface area contributed by atoms with E-state index >= 15 is 0 Å². The molecule has 3 aromatic rings. The molecular formula is C10H5ClN4S. The zero-order chi connectivity index (χ0) is 11.0. The SMILES string of the molecule is Clc1nnc(-c2cccs2)c2nccnc12. The van der Waals surface area contributed by atoms with Gasteiger partial charge in [0.2, 0.25) is 0 Å². The Morgan fingerprint density at radius 2 is 1.88 bits per heavy atom. The minimum absolute atomic E-state index is 0.281. The second kappa shape index (κ2) is 3.77. The Hall–Kier alpha value is -1.59. The average molecular weight is 249 g/mol. The van der Waals surface area contributed by atoms with Crippen molar-refractivity contribution in [3.05, 3.63) is 35.1 Å². The van der Waals surface area contributed by atoms with E-state index in [9.17, 15) is 0 Å². The predicted molar refractivity (Wildman–Crippen MR) is 63.5 cm³/mol. The molecule has 6 heteroatoms. The van der Waals surface area contributed by atoms with E-state index < -0.39 is 0 Å². The van der Waals surface area contributed by atoms with Crippen LogP contribution in [0.25, 0.3) is 21.6 Å². The Morgan fingerprint density at radius 3 is 2.62 bits per heavy atom. The van der Waals surface area contributed by atoms with E-state index in [-0.39, 0.29) is 5.15 Å². The summed E-state index contributed by atoms with van der Waals surface area (Å²) in [6.07, 6.45) is 3.21. The van der Waals surface area contributed by atoms with Crippen molar-refractivity contribution in [2.45, 2.75) is 0 Å². The van der Waals surface area contributed by atoms with Crippen LogP contribution in [0.15, 0.2) is 29.9 Å². The van der Waals surface area contributed by atoms with Crippen LogP contribution in [0.5, 0.6) is 0 Å². The maximum Gasteiger partial charge on any atom is 0.179 e. The maximum atomic E-state index is 5.92. The fourth-order valence-electron chi connectivity index (χ4n) is 1.43. The second-order valence-electron chi connectivity index (χ2n) is 3.07.